The summed E-state index contributed by atoms with van der Waals surface area (Å²) in [5.74, 6) is 0.593. The van der Waals surface area contributed by atoms with Crippen LogP contribution < -0.4 is 4.74 Å². The Balaban J connectivity index is 1.61. The van der Waals surface area contributed by atoms with Crippen LogP contribution in [0, 0.1) is 0 Å². The van der Waals surface area contributed by atoms with Crippen LogP contribution in [0.25, 0.3) is 22.0 Å². The minimum Gasteiger partial charge on any atom is -0.489 e. The average Bonchev–Trinajstić information content (AvgIpc) is 2.88. The Labute approximate surface area is 212 Å². The van der Waals surface area contributed by atoms with Crippen molar-refractivity contribution in [1.82, 2.24) is 4.98 Å². The minimum atomic E-state index is -4.51. The largest absolute Gasteiger partial charge is 0.489 e. The first-order valence-electron chi connectivity index (χ1n) is 11.4. The van der Waals surface area contributed by atoms with Gasteiger partial charge in [0.15, 0.2) is 0 Å². The van der Waals surface area contributed by atoms with E-state index in [1.54, 1.807) is 18.3 Å². The van der Waals surface area contributed by atoms with Crippen LogP contribution in [0.1, 0.15) is 22.3 Å². The Bertz CT molecular complexity index is 1520. The molecule has 0 aliphatic rings. The molecule has 0 atom stereocenters. The highest BCUT2D eigenvalue weighted by Crippen LogP contribution is 2.39. The van der Waals surface area contributed by atoms with E-state index in [2.05, 4.69) is 4.98 Å². The van der Waals surface area contributed by atoms with Crippen LogP contribution in [-0.2, 0) is 19.2 Å². The van der Waals surface area contributed by atoms with Gasteiger partial charge in [-0.2, -0.15) is 13.2 Å². The predicted molar refractivity (Wildman–Crippen MR) is 137 cm³/mol. The molecule has 180 valence electrons. The van der Waals surface area contributed by atoms with Crippen LogP contribution in [0.15, 0.2) is 103 Å². The topological polar surface area (TPSA) is 22.1 Å². The molecule has 0 N–H and O–H groups in total. The van der Waals surface area contributed by atoms with E-state index < -0.39 is 11.7 Å². The third-order valence-corrected chi connectivity index (χ3v) is 6.36. The molecule has 4 aromatic carbocycles. The van der Waals surface area contributed by atoms with Gasteiger partial charge in [0.25, 0.3) is 0 Å². The molecule has 0 saturated carbocycles. The van der Waals surface area contributed by atoms with E-state index in [1.807, 2.05) is 72.8 Å². The zero-order valence-corrected chi connectivity index (χ0v) is 19.9. The normalized spacial score (nSPS) is 11.6. The summed E-state index contributed by atoms with van der Waals surface area (Å²) in [5.41, 5.74) is 3.35. The van der Waals surface area contributed by atoms with E-state index in [4.69, 9.17) is 16.3 Å². The van der Waals surface area contributed by atoms with Gasteiger partial charge in [0.1, 0.15) is 12.4 Å². The molecule has 0 bridgehead atoms. The second-order valence-corrected chi connectivity index (χ2v) is 8.84. The van der Waals surface area contributed by atoms with E-state index in [0.29, 0.717) is 28.1 Å². The lowest BCUT2D eigenvalue weighted by Gasteiger charge is -2.17. The highest BCUT2D eigenvalue weighted by Gasteiger charge is 2.33. The second-order valence-electron chi connectivity index (χ2n) is 8.43. The van der Waals surface area contributed by atoms with Gasteiger partial charge >= 0.3 is 6.18 Å². The van der Waals surface area contributed by atoms with Crippen molar-refractivity contribution >= 4 is 22.5 Å². The molecular formula is C30H21ClF3NO. The van der Waals surface area contributed by atoms with Crippen LogP contribution in [-0.4, -0.2) is 4.98 Å². The molecule has 0 unspecified atom stereocenters. The number of para-hydroxylation sites is 1. The number of rotatable bonds is 6. The van der Waals surface area contributed by atoms with Gasteiger partial charge in [-0.25, -0.2) is 0 Å². The fraction of sp³-hybridized carbons (Fsp3) is 0.100. The first kappa shape index (κ1) is 23.9. The summed E-state index contributed by atoms with van der Waals surface area (Å²) in [6, 6.07) is 28.8. The van der Waals surface area contributed by atoms with Gasteiger partial charge in [-0.3, -0.25) is 4.98 Å². The van der Waals surface area contributed by atoms with Gasteiger partial charge in [0.05, 0.1) is 11.1 Å². The fourth-order valence-electron chi connectivity index (χ4n) is 4.30. The third kappa shape index (κ3) is 5.07. The molecule has 2 nitrogen and oxygen atoms in total. The first-order valence-corrected chi connectivity index (χ1v) is 11.8. The highest BCUT2D eigenvalue weighted by molar-refractivity contribution is 6.31. The Morgan fingerprint density at radius 2 is 1.53 bits per heavy atom. The molecule has 36 heavy (non-hydrogen) atoms. The van der Waals surface area contributed by atoms with Crippen molar-refractivity contribution < 1.29 is 17.9 Å². The lowest BCUT2D eigenvalue weighted by atomic mass is 9.92. The van der Waals surface area contributed by atoms with Crippen molar-refractivity contribution in [2.75, 3.05) is 0 Å². The molecule has 0 aliphatic carbocycles. The third-order valence-electron chi connectivity index (χ3n) is 5.99. The summed E-state index contributed by atoms with van der Waals surface area (Å²) in [4.78, 5) is 4.27. The van der Waals surface area contributed by atoms with Crippen LogP contribution in [0.5, 0.6) is 5.75 Å². The summed E-state index contributed by atoms with van der Waals surface area (Å²) in [6.07, 6.45) is -2.43. The maximum absolute atomic E-state index is 13.8. The number of aromatic nitrogens is 1. The monoisotopic (exact) mass is 503 g/mol. The number of fused-ring (bicyclic) bond motifs is 1. The van der Waals surface area contributed by atoms with E-state index in [-0.39, 0.29) is 12.1 Å². The summed E-state index contributed by atoms with van der Waals surface area (Å²) < 4.78 is 47.4. The zero-order chi connectivity index (χ0) is 25.1. The lowest BCUT2D eigenvalue weighted by Crippen LogP contribution is -2.07. The molecular weight excluding hydrogens is 483 g/mol. The number of alkyl halides is 3. The maximum Gasteiger partial charge on any atom is 0.418 e. The Morgan fingerprint density at radius 3 is 2.31 bits per heavy atom. The number of hydrogen-bond donors (Lipinski definition) is 0. The average molecular weight is 504 g/mol. The van der Waals surface area contributed by atoms with Crippen LogP contribution in [0.2, 0.25) is 5.02 Å². The Hall–Kier alpha value is -3.83. The molecule has 0 radical (unpaired) electrons. The second kappa shape index (κ2) is 10.0. The van der Waals surface area contributed by atoms with Gasteiger partial charge < -0.3 is 4.74 Å². The smallest absolute Gasteiger partial charge is 0.418 e. The first-order chi connectivity index (χ1) is 17.4. The zero-order valence-electron chi connectivity index (χ0n) is 19.1. The number of pyridine rings is 1. The van der Waals surface area contributed by atoms with Crippen molar-refractivity contribution in [3.05, 3.63) is 131 Å². The van der Waals surface area contributed by atoms with E-state index in [0.717, 1.165) is 28.3 Å². The Kier molecular flexibility index (Phi) is 6.66. The molecule has 0 aliphatic heterocycles. The summed E-state index contributed by atoms with van der Waals surface area (Å²) >= 11 is 6.25. The standard InChI is InChI=1S/C30H21ClF3NO/c31-27-15-5-4-10-22(27)19-36-24-12-6-11-21(17-24)28-23(16-20-8-2-1-3-9-20)18-35-29-25(28)13-7-14-26(29)30(32,33)34/h1-15,17-18H,16,19H2. The van der Waals surface area contributed by atoms with Crippen molar-refractivity contribution in [3.8, 4) is 16.9 Å². The van der Waals surface area contributed by atoms with Gasteiger partial charge in [0, 0.05) is 22.2 Å². The molecule has 0 amide bonds. The van der Waals surface area contributed by atoms with E-state index in [1.165, 1.54) is 6.07 Å². The van der Waals surface area contributed by atoms with Gasteiger partial charge in [-0.1, -0.05) is 84.4 Å². The van der Waals surface area contributed by atoms with Crippen LogP contribution in [0.4, 0.5) is 13.2 Å². The Morgan fingerprint density at radius 1 is 0.778 bits per heavy atom. The van der Waals surface area contributed by atoms with Crippen molar-refractivity contribution in [3.63, 3.8) is 0 Å². The minimum absolute atomic E-state index is 0.0702. The number of halogens is 4. The molecule has 5 aromatic rings. The maximum atomic E-state index is 13.8. The van der Waals surface area contributed by atoms with Crippen LogP contribution in [0.3, 0.4) is 0 Å². The highest BCUT2D eigenvalue weighted by atomic mass is 35.5. The van der Waals surface area contributed by atoms with Crippen molar-refractivity contribution in [1.29, 1.82) is 0 Å². The molecule has 0 fully saturated rings. The molecule has 0 saturated heterocycles. The van der Waals surface area contributed by atoms with E-state index in [9.17, 15) is 13.2 Å². The number of ether oxygens (including phenoxy) is 1. The van der Waals surface area contributed by atoms with Gasteiger partial charge in [0.2, 0.25) is 0 Å². The molecule has 5 rings (SSSR count). The molecule has 1 heterocycles. The molecule has 1 aromatic heterocycles. The van der Waals surface area contributed by atoms with Crippen molar-refractivity contribution in [2.24, 2.45) is 0 Å². The SMILES string of the molecule is FC(F)(F)c1cccc2c(-c3cccc(OCc4ccccc4Cl)c3)c(Cc3ccccc3)cnc12. The summed E-state index contributed by atoms with van der Waals surface area (Å²) in [6.45, 7) is 0.273. The number of hydrogen-bond acceptors (Lipinski definition) is 2. The van der Waals surface area contributed by atoms with Crippen LogP contribution >= 0.6 is 11.6 Å². The van der Waals surface area contributed by atoms with Crippen molar-refractivity contribution in [2.45, 2.75) is 19.2 Å². The predicted octanol–water partition coefficient (Wildman–Crippen LogP) is 8.74. The quantitative estimate of drug-likeness (QED) is 0.231. The summed E-state index contributed by atoms with van der Waals surface area (Å²) in [5, 5.41) is 1.06. The van der Waals surface area contributed by atoms with Gasteiger partial charge in [-0.05, 0) is 52.9 Å². The number of benzene rings is 4. The summed E-state index contributed by atoms with van der Waals surface area (Å²) in [7, 11) is 0. The lowest BCUT2D eigenvalue weighted by molar-refractivity contribution is -0.136. The molecule has 0 spiro atoms. The fourth-order valence-corrected chi connectivity index (χ4v) is 4.49. The number of nitrogens with zero attached hydrogens (tertiary/aromatic N) is 1. The van der Waals surface area contributed by atoms with Gasteiger partial charge in [-0.15, -0.1) is 0 Å². The molecule has 6 heteroatoms. The van der Waals surface area contributed by atoms with E-state index >= 15 is 0 Å².